The van der Waals surface area contributed by atoms with Gasteiger partial charge in [-0.2, -0.15) is 0 Å². The van der Waals surface area contributed by atoms with Gasteiger partial charge in [0.15, 0.2) is 0 Å². The van der Waals surface area contributed by atoms with Crippen LogP contribution >= 0.6 is 0 Å². The predicted octanol–water partition coefficient (Wildman–Crippen LogP) is 3.00. The van der Waals surface area contributed by atoms with Gasteiger partial charge in [0.2, 0.25) is 0 Å². The van der Waals surface area contributed by atoms with Crippen LogP contribution in [0.3, 0.4) is 0 Å². The van der Waals surface area contributed by atoms with E-state index in [-0.39, 0.29) is 0 Å². The molecule has 1 N–H and O–H groups in total. The normalized spacial score (nSPS) is 17.1. The van der Waals surface area contributed by atoms with Crippen molar-refractivity contribution in [3.63, 3.8) is 0 Å². The second-order valence-corrected chi connectivity index (χ2v) is 6.01. The highest BCUT2D eigenvalue weighted by Crippen LogP contribution is 2.24. The maximum absolute atomic E-state index is 5.95. The molecule has 2 aromatic rings. The van der Waals surface area contributed by atoms with Gasteiger partial charge in [-0.1, -0.05) is 19.9 Å². The van der Waals surface area contributed by atoms with Crippen molar-refractivity contribution in [3.8, 4) is 0 Å². The second kappa shape index (κ2) is 5.98. The largest absolute Gasteiger partial charge is 0.461 e. The van der Waals surface area contributed by atoms with E-state index in [0.717, 1.165) is 50.5 Å². The monoisotopic (exact) mass is 272 g/mol. The quantitative estimate of drug-likeness (QED) is 0.927. The lowest BCUT2D eigenvalue weighted by atomic mass is 10.0. The molecule has 0 amide bonds. The minimum Gasteiger partial charge on any atom is -0.461 e. The van der Waals surface area contributed by atoms with Crippen LogP contribution in [0.25, 0.3) is 11.0 Å². The molecule has 0 atom stereocenters. The van der Waals surface area contributed by atoms with E-state index in [1.807, 2.05) is 0 Å². The van der Waals surface area contributed by atoms with E-state index < -0.39 is 0 Å². The number of furan rings is 1. The lowest BCUT2D eigenvalue weighted by molar-refractivity contribution is 0.239. The van der Waals surface area contributed by atoms with Crippen molar-refractivity contribution in [1.29, 1.82) is 0 Å². The Morgan fingerprint density at radius 1 is 1.20 bits per heavy atom. The Labute approximate surface area is 120 Å². The number of nitrogens with one attached hydrogen (secondary N) is 1. The van der Waals surface area contributed by atoms with Gasteiger partial charge in [-0.3, -0.25) is 0 Å². The highest BCUT2D eigenvalue weighted by Gasteiger charge is 2.11. The fourth-order valence-corrected chi connectivity index (χ4v) is 2.80. The Balaban J connectivity index is 1.69. The average molecular weight is 272 g/mol. The van der Waals surface area contributed by atoms with E-state index in [1.54, 1.807) is 0 Å². The third-order valence-corrected chi connectivity index (χ3v) is 4.14. The van der Waals surface area contributed by atoms with Crippen LogP contribution in [0.5, 0.6) is 0 Å². The van der Waals surface area contributed by atoms with Crippen LogP contribution in [0.4, 0.5) is 0 Å². The van der Waals surface area contributed by atoms with Crippen molar-refractivity contribution in [2.45, 2.75) is 26.2 Å². The summed E-state index contributed by atoms with van der Waals surface area (Å²) in [6.07, 6.45) is 1.01. The number of fused-ring (bicyclic) bond motifs is 1. The highest BCUT2D eigenvalue weighted by molar-refractivity contribution is 5.78. The Kier molecular flexibility index (Phi) is 4.08. The first-order valence-corrected chi connectivity index (χ1v) is 7.68. The third-order valence-electron chi connectivity index (χ3n) is 4.14. The van der Waals surface area contributed by atoms with Gasteiger partial charge in [-0.15, -0.1) is 0 Å². The Bertz CT molecular complexity index is 567. The molecule has 3 nitrogen and oxygen atoms in total. The maximum Gasteiger partial charge on any atom is 0.134 e. The number of hydrogen-bond donors (Lipinski definition) is 1. The highest BCUT2D eigenvalue weighted by atomic mass is 16.3. The summed E-state index contributed by atoms with van der Waals surface area (Å²) in [6.45, 7) is 10.1. The maximum atomic E-state index is 5.95. The molecule has 1 saturated heterocycles. The zero-order chi connectivity index (χ0) is 13.9. The van der Waals surface area contributed by atoms with Crippen LogP contribution in [-0.2, 0) is 6.42 Å². The van der Waals surface area contributed by atoms with Crippen LogP contribution in [0, 0.1) is 0 Å². The van der Waals surface area contributed by atoms with Gasteiger partial charge >= 0.3 is 0 Å². The van der Waals surface area contributed by atoms with Gasteiger partial charge < -0.3 is 14.6 Å². The lowest BCUT2D eigenvalue weighted by Gasteiger charge is -2.26. The molecule has 0 spiro atoms. The fraction of sp³-hybridized carbons (Fsp3) is 0.529. The number of piperazine rings is 1. The van der Waals surface area contributed by atoms with E-state index in [1.165, 1.54) is 10.9 Å². The molecule has 0 unspecified atom stereocenters. The van der Waals surface area contributed by atoms with Crippen LogP contribution in [-0.4, -0.2) is 37.6 Å². The summed E-state index contributed by atoms with van der Waals surface area (Å²) in [6, 6.07) is 8.76. The number of nitrogens with zero attached hydrogens (tertiary/aromatic N) is 1. The minimum absolute atomic E-state index is 0.568. The standard InChI is InChI=1S/C17H24N2O/c1-13(2)14-3-4-17-15(11-14)12-16(20-17)5-8-19-9-6-18-7-10-19/h3-4,11-13,18H,5-10H2,1-2H3. The lowest BCUT2D eigenvalue weighted by Crippen LogP contribution is -2.44. The van der Waals surface area contributed by atoms with Gasteiger partial charge in [0.25, 0.3) is 0 Å². The summed E-state index contributed by atoms with van der Waals surface area (Å²) in [5, 5.41) is 4.63. The Morgan fingerprint density at radius 2 is 2.00 bits per heavy atom. The van der Waals surface area contributed by atoms with Crippen molar-refractivity contribution in [3.05, 3.63) is 35.6 Å². The first-order chi connectivity index (χ1) is 9.72. The molecular formula is C17H24N2O. The third kappa shape index (κ3) is 3.05. The molecule has 108 valence electrons. The topological polar surface area (TPSA) is 28.4 Å². The predicted molar refractivity (Wildman–Crippen MR) is 83.3 cm³/mol. The molecule has 1 fully saturated rings. The summed E-state index contributed by atoms with van der Waals surface area (Å²) >= 11 is 0. The van der Waals surface area contributed by atoms with E-state index in [2.05, 4.69) is 48.3 Å². The molecule has 2 heterocycles. The fourth-order valence-electron chi connectivity index (χ4n) is 2.80. The smallest absolute Gasteiger partial charge is 0.134 e. The molecule has 0 aliphatic carbocycles. The van der Waals surface area contributed by atoms with Gasteiger partial charge in [0, 0.05) is 44.5 Å². The first kappa shape index (κ1) is 13.7. The molecule has 1 aliphatic heterocycles. The van der Waals surface area contributed by atoms with Crippen LogP contribution in [0.1, 0.15) is 31.1 Å². The van der Waals surface area contributed by atoms with Crippen molar-refractivity contribution >= 4 is 11.0 Å². The van der Waals surface area contributed by atoms with Gasteiger partial charge in [-0.05, 0) is 29.7 Å². The SMILES string of the molecule is CC(C)c1ccc2oc(CCN3CCNCC3)cc2c1. The summed E-state index contributed by atoms with van der Waals surface area (Å²) < 4.78 is 5.95. The van der Waals surface area contributed by atoms with Crippen molar-refractivity contribution < 1.29 is 4.42 Å². The summed E-state index contributed by atoms with van der Waals surface area (Å²) in [5.74, 6) is 1.68. The molecule has 1 aliphatic rings. The van der Waals surface area contributed by atoms with Crippen LogP contribution < -0.4 is 5.32 Å². The average Bonchev–Trinajstić information content (AvgIpc) is 2.88. The number of hydrogen-bond acceptors (Lipinski definition) is 3. The second-order valence-electron chi connectivity index (χ2n) is 6.01. The van der Waals surface area contributed by atoms with Crippen molar-refractivity contribution in [2.75, 3.05) is 32.7 Å². The van der Waals surface area contributed by atoms with E-state index in [9.17, 15) is 0 Å². The number of rotatable bonds is 4. The van der Waals surface area contributed by atoms with E-state index in [4.69, 9.17) is 4.42 Å². The number of benzene rings is 1. The Hall–Kier alpha value is -1.32. The molecule has 1 aromatic heterocycles. The van der Waals surface area contributed by atoms with E-state index in [0.29, 0.717) is 5.92 Å². The Morgan fingerprint density at radius 3 is 2.75 bits per heavy atom. The zero-order valence-corrected chi connectivity index (χ0v) is 12.5. The molecular weight excluding hydrogens is 248 g/mol. The molecule has 1 aromatic carbocycles. The minimum atomic E-state index is 0.568. The van der Waals surface area contributed by atoms with Crippen LogP contribution in [0.15, 0.2) is 28.7 Å². The van der Waals surface area contributed by atoms with E-state index >= 15 is 0 Å². The van der Waals surface area contributed by atoms with Gasteiger partial charge in [0.1, 0.15) is 11.3 Å². The molecule has 3 rings (SSSR count). The van der Waals surface area contributed by atoms with Gasteiger partial charge in [-0.25, -0.2) is 0 Å². The molecule has 3 heteroatoms. The van der Waals surface area contributed by atoms with Crippen LogP contribution in [0.2, 0.25) is 0 Å². The molecule has 0 radical (unpaired) electrons. The summed E-state index contributed by atoms with van der Waals surface area (Å²) in [7, 11) is 0. The molecule has 0 saturated carbocycles. The summed E-state index contributed by atoms with van der Waals surface area (Å²) in [4.78, 5) is 2.50. The van der Waals surface area contributed by atoms with Gasteiger partial charge in [0.05, 0.1) is 0 Å². The van der Waals surface area contributed by atoms with Crippen molar-refractivity contribution in [2.24, 2.45) is 0 Å². The summed E-state index contributed by atoms with van der Waals surface area (Å²) in [5.41, 5.74) is 2.40. The first-order valence-electron chi connectivity index (χ1n) is 7.68. The zero-order valence-electron chi connectivity index (χ0n) is 12.5. The molecule has 0 bridgehead atoms. The van der Waals surface area contributed by atoms with Crippen molar-refractivity contribution in [1.82, 2.24) is 10.2 Å². The molecule has 20 heavy (non-hydrogen) atoms.